The van der Waals surface area contributed by atoms with Gasteiger partial charge in [0.25, 0.3) is 0 Å². The van der Waals surface area contributed by atoms with Gasteiger partial charge in [-0.05, 0) is 47.5 Å². The fraction of sp³-hybridized carbons (Fsp3) is 0.350. The third kappa shape index (κ3) is 9.82. The van der Waals surface area contributed by atoms with Gasteiger partial charge in [-0.15, -0.1) is 0 Å². The fourth-order valence-corrected chi connectivity index (χ4v) is 6.52. The number of carbonyl (C=O) groups is 2. The first kappa shape index (κ1) is 48.5. The Labute approximate surface area is 368 Å². The van der Waals surface area contributed by atoms with Crippen LogP contribution in [0.2, 0.25) is 0 Å². The lowest BCUT2D eigenvalue weighted by Gasteiger charge is -2.39. The Morgan fingerprint density at radius 3 is 1.33 bits per heavy atom. The Kier molecular flexibility index (Phi) is 14.4. The van der Waals surface area contributed by atoms with E-state index in [1.807, 2.05) is 0 Å². The number of phenols is 9. The topological polar surface area (TPSA) is 443 Å². The molecule has 26 heteroatoms. The molecular weight excluding hydrogens is 896 g/mol. The van der Waals surface area contributed by atoms with Crippen LogP contribution in [0.3, 0.4) is 0 Å². The molecule has 0 radical (unpaired) electrons. The summed E-state index contributed by atoms with van der Waals surface area (Å²) in [5, 5.41) is 174. The molecule has 0 saturated carbocycles. The Hall–Kier alpha value is -6.98. The zero-order valence-corrected chi connectivity index (χ0v) is 33.4. The normalized spacial score (nSPS) is 25.2. The molecule has 0 bridgehead atoms. The summed E-state index contributed by atoms with van der Waals surface area (Å²) in [7, 11) is 0. The van der Waals surface area contributed by atoms with E-state index in [2.05, 4.69) is 0 Å². The van der Waals surface area contributed by atoms with E-state index in [4.69, 9.17) is 33.2 Å². The first-order chi connectivity index (χ1) is 31.1. The Morgan fingerprint density at radius 1 is 0.470 bits per heavy atom. The molecule has 358 valence electrons. The number of hydrogen-bond acceptors (Lipinski definition) is 26. The highest BCUT2D eigenvalue weighted by Crippen LogP contribution is 2.49. The minimum Gasteiger partial charge on any atom is -0.504 e. The predicted molar refractivity (Wildman–Crippen MR) is 208 cm³/mol. The van der Waals surface area contributed by atoms with Crippen LogP contribution in [0.25, 0.3) is 0 Å². The minimum absolute atomic E-state index is 0.0885. The van der Waals surface area contributed by atoms with Crippen molar-refractivity contribution in [1.29, 1.82) is 0 Å². The Morgan fingerprint density at radius 2 is 0.894 bits per heavy atom. The maximum absolute atomic E-state index is 13.3. The number of aliphatic hydroxyl groups excluding tert-OH is 8. The summed E-state index contributed by atoms with van der Waals surface area (Å²) in [5.74, 6) is -15.0. The van der Waals surface area contributed by atoms with Crippen molar-refractivity contribution in [3.63, 3.8) is 0 Å². The summed E-state index contributed by atoms with van der Waals surface area (Å²) >= 11 is 0. The fourth-order valence-electron chi connectivity index (χ4n) is 6.52. The van der Waals surface area contributed by atoms with E-state index in [-0.39, 0.29) is 11.1 Å². The molecule has 26 nitrogen and oxygen atoms in total. The van der Waals surface area contributed by atoms with Crippen LogP contribution < -0.4 is 14.2 Å². The quantitative estimate of drug-likeness (QED) is 0.0476. The molecule has 6 rings (SSSR count). The summed E-state index contributed by atoms with van der Waals surface area (Å²) in [6.07, 6.45) is -17.3. The van der Waals surface area contributed by atoms with Crippen molar-refractivity contribution in [3.8, 4) is 74.7 Å². The molecule has 4 aromatic carbocycles. The third-order valence-corrected chi connectivity index (χ3v) is 10.1. The van der Waals surface area contributed by atoms with E-state index in [9.17, 15) is 96.4 Å². The molecule has 0 spiro atoms. The van der Waals surface area contributed by atoms with Crippen molar-refractivity contribution in [2.75, 3.05) is 13.2 Å². The molecule has 0 aliphatic carbocycles. The summed E-state index contributed by atoms with van der Waals surface area (Å²) in [6, 6.07) is 5.69. The highest BCUT2D eigenvalue weighted by Gasteiger charge is 2.46. The van der Waals surface area contributed by atoms with Gasteiger partial charge in [-0.1, -0.05) is 0 Å². The van der Waals surface area contributed by atoms with E-state index in [1.165, 1.54) is 0 Å². The third-order valence-electron chi connectivity index (χ3n) is 10.1. The predicted octanol–water partition coefficient (Wildman–Crippen LogP) is -2.10. The smallest absolute Gasteiger partial charge is 0.342 e. The van der Waals surface area contributed by atoms with Crippen molar-refractivity contribution < 1.29 is 130 Å². The highest BCUT2D eigenvalue weighted by molar-refractivity contribution is 5.95. The number of phenolic OH excluding ortho intramolecular Hbond substituents is 9. The summed E-state index contributed by atoms with van der Waals surface area (Å²) < 4.78 is 36.8. The Balaban J connectivity index is 1.15. The summed E-state index contributed by atoms with van der Waals surface area (Å²) in [5.41, 5.74) is -1.66. The van der Waals surface area contributed by atoms with Crippen LogP contribution in [-0.4, -0.2) is 173 Å². The molecule has 66 heavy (non-hydrogen) atoms. The van der Waals surface area contributed by atoms with Crippen LogP contribution in [0, 0.1) is 0 Å². The van der Waals surface area contributed by atoms with Gasteiger partial charge in [0.1, 0.15) is 67.6 Å². The van der Waals surface area contributed by atoms with E-state index < -0.39 is 186 Å². The molecular formula is C40H42O26. The molecule has 2 fully saturated rings. The van der Waals surface area contributed by atoms with Crippen LogP contribution in [-0.2, 0) is 32.2 Å². The van der Waals surface area contributed by atoms with Crippen LogP contribution in [0.4, 0.5) is 0 Å². The number of aliphatic hydroxyl groups is 8. The molecule has 0 amide bonds. The maximum atomic E-state index is 13.3. The number of esters is 2. The van der Waals surface area contributed by atoms with E-state index >= 15 is 0 Å². The monoisotopic (exact) mass is 938 g/mol. The lowest BCUT2D eigenvalue weighted by atomic mass is 9.99. The van der Waals surface area contributed by atoms with Gasteiger partial charge in [0.2, 0.25) is 41.3 Å². The lowest BCUT2D eigenvalue weighted by Crippen LogP contribution is -2.60. The molecule has 10 atom stereocenters. The summed E-state index contributed by atoms with van der Waals surface area (Å²) in [4.78, 5) is 26.5. The van der Waals surface area contributed by atoms with E-state index in [0.717, 1.165) is 30.3 Å². The average Bonchev–Trinajstić information content (AvgIpc) is 3.28. The second-order valence-electron chi connectivity index (χ2n) is 14.6. The molecule has 4 aromatic rings. The minimum atomic E-state index is -1.91. The van der Waals surface area contributed by atoms with Gasteiger partial charge in [-0.3, -0.25) is 0 Å². The van der Waals surface area contributed by atoms with Gasteiger partial charge < -0.3 is 120 Å². The second-order valence-corrected chi connectivity index (χ2v) is 14.6. The van der Waals surface area contributed by atoms with Gasteiger partial charge >= 0.3 is 11.9 Å². The number of rotatable bonds is 14. The number of benzene rings is 4. The van der Waals surface area contributed by atoms with Crippen molar-refractivity contribution in [2.24, 2.45) is 0 Å². The molecule has 2 aliphatic heterocycles. The van der Waals surface area contributed by atoms with Gasteiger partial charge in [-0.2, -0.15) is 0 Å². The molecule has 2 heterocycles. The zero-order chi connectivity index (χ0) is 48.5. The van der Waals surface area contributed by atoms with Crippen molar-refractivity contribution >= 4 is 11.9 Å². The van der Waals surface area contributed by atoms with Crippen LogP contribution in [0.15, 0.2) is 42.5 Å². The maximum Gasteiger partial charge on any atom is 0.342 e. The number of hydrogen-bond donors (Lipinski definition) is 17. The van der Waals surface area contributed by atoms with Crippen molar-refractivity contribution in [1.82, 2.24) is 0 Å². The number of carbonyl (C=O) groups excluding carboxylic acids is 2. The zero-order valence-electron chi connectivity index (χ0n) is 33.4. The van der Waals surface area contributed by atoms with Crippen LogP contribution in [0.5, 0.6) is 74.7 Å². The van der Waals surface area contributed by atoms with Gasteiger partial charge in [0.15, 0.2) is 46.0 Å². The van der Waals surface area contributed by atoms with Crippen LogP contribution in [0.1, 0.15) is 31.8 Å². The standard InChI is InChI=1S/C40H42O26/c41-8-23-27(51)29(53)32(56)39(63-23)65-35-18(45)1-12(2-19(35)46)10-60-37(58)14-5-16(43)25(49)22(6-14)62-34-15(7-17(44)26(50)31(34)55)38(59)61-11-13-3-20(47)36(21(48)4-13)66-40-33(57)30(54)28(52)24(9-42)64-40/h1-7,23-24,27-30,32-33,39-57H,8-11H2/t23-,24-,27-,28-,29+,30+,32-,33+,39-,40-/m1/s1. The van der Waals surface area contributed by atoms with E-state index in [1.54, 1.807) is 0 Å². The van der Waals surface area contributed by atoms with Gasteiger partial charge in [0.05, 0.1) is 18.8 Å². The first-order valence-electron chi connectivity index (χ1n) is 19.1. The molecule has 0 unspecified atom stereocenters. The Bertz CT molecular complexity index is 2390. The average molecular weight is 939 g/mol. The van der Waals surface area contributed by atoms with Gasteiger partial charge in [-0.25, -0.2) is 9.59 Å². The lowest BCUT2D eigenvalue weighted by molar-refractivity contribution is -0.277. The molecule has 0 aromatic heterocycles. The van der Waals surface area contributed by atoms with Gasteiger partial charge in [0, 0.05) is 6.07 Å². The first-order valence-corrected chi connectivity index (χ1v) is 19.1. The summed E-state index contributed by atoms with van der Waals surface area (Å²) in [6.45, 7) is -3.09. The number of aromatic hydroxyl groups is 9. The second kappa shape index (κ2) is 19.6. The SMILES string of the molecule is O=C(OCc1cc(O)c(O[C@H]2O[C@H](CO)[C@@H](O)[C@H](O)[C@H]2O)c(O)c1)c1cc(O)c(O)c(Oc2c(C(=O)OCc3cc(O)c(O[C@H]4O[C@H](CO)[C@@H](O)[C@H](O)[C@@H]4O)c(O)c3)cc(O)c(O)c2O)c1. The number of ether oxygens (including phenoxy) is 7. The highest BCUT2D eigenvalue weighted by atomic mass is 16.7. The van der Waals surface area contributed by atoms with E-state index in [0.29, 0.717) is 12.1 Å². The van der Waals surface area contributed by atoms with Crippen molar-refractivity contribution in [3.05, 3.63) is 64.7 Å². The largest absolute Gasteiger partial charge is 0.504 e. The molecule has 2 aliphatic rings. The van der Waals surface area contributed by atoms with Crippen molar-refractivity contribution in [2.45, 2.75) is 74.6 Å². The molecule has 17 N–H and O–H groups in total. The van der Waals surface area contributed by atoms with Crippen LogP contribution >= 0.6 is 0 Å². The molecule has 2 saturated heterocycles.